The molecule has 0 fully saturated rings. The van der Waals surface area contributed by atoms with E-state index < -0.39 is 0 Å². The number of benzene rings is 4. The van der Waals surface area contributed by atoms with Gasteiger partial charge in [0, 0.05) is 45.2 Å². The van der Waals surface area contributed by atoms with Gasteiger partial charge in [-0.25, -0.2) is 15.0 Å². The Morgan fingerprint density at radius 3 is 1.91 bits per heavy atom. The SMILES string of the molecule is c1ccc(-c2cc(-n3c4ccccc4c4cc5c6ncccc6n(-c6ccccc6)c5nc43)nc(-c3ccccc3)n2)cc1. The lowest BCUT2D eigenvalue weighted by atomic mass is 10.1. The van der Waals surface area contributed by atoms with Crippen LogP contribution in [0.25, 0.3) is 78.2 Å². The highest BCUT2D eigenvalue weighted by Crippen LogP contribution is 2.37. The van der Waals surface area contributed by atoms with Crippen molar-refractivity contribution in [2.45, 2.75) is 0 Å². The van der Waals surface area contributed by atoms with Crippen molar-refractivity contribution in [3.63, 3.8) is 0 Å². The Hall–Kier alpha value is -6.14. The number of nitrogens with zero attached hydrogens (tertiary/aromatic N) is 6. The van der Waals surface area contributed by atoms with Crippen LogP contribution >= 0.6 is 0 Å². The highest BCUT2D eigenvalue weighted by atomic mass is 15.2. The molecular formula is C38H24N6. The molecule has 6 nitrogen and oxygen atoms in total. The Kier molecular flexibility index (Phi) is 5.40. The maximum Gasteiger partial charge on any atom is 0.162 e. The van der Waals surface area contributed by atoms with Crippen molar-refractivity contribution in [1.29, 1.82) is 0 Å². The van der Waals surface area contributed by atoms with Crippen LogP contribution in [0.5, 0.6) is 0 Å². The van der Waals surface area contributed by atoms with Gasteiger partial charge in [0.2, 0.25) is 0 Å². The average Bonchev–Trinajstić information content (AvgIpc) is 3.60. The Morgan fingerprint density at radius 1 is 0.455 bits per heavy atom. The Balaban J connectivity index is 1.41. The molecule has 0 aliphatic rings. The minimum atomic E-state index is 0.663. The molecule has 44 heavy (non-hydrogen) atoms. The van der Waals surface area contributed by atoms with E-state index in [1.54, 1.807) is 0 Å². The van der Waals surface area contributed by atoms with E-state index in [4.69, 9.17) is 19.9 Å². The van der Waals surface area contributed by atoms with Crippen molar-refractivity contribution in [3.8, 4) is 34.2 Å². The van der Waals surface area contributed by atoms with E-state index in [-0.39, 0.29) is 0 Å². The Morgan fingerprint density at radius 2 is 1.11 bits per heavy atom. The Labute approximate surface area is 252 Å². The van der Waals surface area contributed by atoms with Gasteiger partial charge in [-0.2, -0.15) is 0 Å². The van der Waals surface area contributed by atoms with Crippen molar-refractivity contribution in [2.75, 3.05) is 0 Å². The van der Waals surface area contributed by atoms with Gasteiger partial charge in [-0.15, -0.1) is 0 Å². The highest BCUT2D eigenvalue weighted by molar-refractivity contribution is 6.15. The largest absolute Gasteiger partial charge is 0.292 e. The van der Waals surface area contributed by atoms with Gasteiger partial charge in [0.05, 0.1) is 22.2 Å². The normalized spacial score (nSPS) is 11.6. The van der Waals surface area contributed by atoms with Crippen LogP contribution in [-0.4, -0.2) is 29.1 Å². The number of hydrogen-bond donors (Lipinski definition) is 0. The van der Waals surface area contributed by atoms with Crippen LogP contribution in [0.4, 0.5) is 0 Å². The molecule has 0 bridgehead atoms. The third-order valence-corrected chi connectivity index (χ3v) is 8.18. The molecule has 0 spiro atoms. The minimum Gasteiger partial charge on any atom is -0.292 e. The molecule has 9 aromatic rings. The molecule has 0 amide bonds. The molecule has 0 unspecified atom stereocenters. The molecular weight excluding hydrogens is 540 g/mol. The molecule has 6 heteroatoms. The summed E-state index contributed by atoms with van der Waals surface area (Å²) in [5, 5.41) is 3.17. The summed E-state index contributed by atoms with van der Waals surface area (Å²) in [6, 6.07) is 47.6. The lowest BCUT2D eigenvalue weighted by Gasteiger charge is -2.12. The number of hydrogen-bond acceptors (Lipinski definition) is 4. The van der Waals surface area contributed by atoms with E-state index in [0.717, 1.165) is 72.3 Å². The molecule has 0 saturated heterocycles. The first-order chi connectivity index (χ1) is 21.8. The molecule has 5 aromatic heterocycles. The first-order valence-corrected chi connectivity index (χ1v) is 14.6. The maximum atomic E-state index is 5.44. The van der Waals surface area contributed by atoms with Crippen LogP contribution in [0.3, 0.4) is 0 Å². The fourth-order valence-corrected chi connectivity index (χ4v) is 6.21. The zero-order valence-corrected chi connectivity index (χ0v) is 23.5. The summed E-state index contributed by atoms with van der Waals surface area (Å²) in [4.78, 5) is 20.4. The van der Waals surface area contributed by atoms with Gasteiger partial charge < -0.3 is 0 Å². The van der Waals surface area contributed by atoms with Crippen molar-refractivity contribution in [2.24, 2.45) is 0 Å². The van der Waals surface area contributed by atoms with Gasteiger partial charge in [0.1, 0.15) is 17.1 Å². The molecule has 206 valence electrons. The highest BCUT2D eigenvalue weighted by Gasteiger charge is 2.21. The van der Waals surface area contributed by atoms with Crippen LogP contribution in [0.2, 0.25) is 0 Å². The summed E-state index contributed by atoms with van der Waals surface area (Å²) in [6.45, 7) is 0. The van der Waals surface area contributed by atoms with Crippen LogP contribution in [0.15, 0.2) is 146 Å². The summed E-state index contributed by atoms with van der Waals surface area (Å²) in [6.07, 6.45) is 1.85. The van der Waals surface area contributed by atoms with Gasteiger partial charge in [0.15, 0.2) is 5.82 Å². The number of fused-ring (bicyclic) bond motifs is 6. The number of para-hydroxylation sites is 2. The summed E-state index contributed by atoms with van der Waals surface area (Å²) in [5.41, 5.74) is 8.53. The van der Waals surface area contributed by atoms with Gasteiger partial charge in [0.25, 0.3) is 0 Å². The molecule has 9 rings (SSSR count). The third-order valence-electron chi connectivity index (χ3n) is 8.18. The van der Waals surface area contributed by atoms with Gasteiger partial charge in [-0.1, -0.05) is 97.1 Å². The fraction of sp³-hybridized carbons (Fsp3) is 0. The Bertz CT molecular complexity index is 2420. The van der Waals surface area contributed by atoms with Crippen LogP contribution in [0.1, 0.15) is 0 Å². The molecule has 5 heterocycles. The third kappa shape index (κ3) is 3.75. The van der Waals surface area contributed by atoms with Crippen LogP contribution in [-0.2, 0) is 0 Å². The standard InChI is InChI=1S/C38H24N6/c1-4-13-25(14-5-1)31-24-34(41-36(40-31)26-15-6-2-7-16-26)44-32-20-11-10-19-28(32)29-23-30-35-33(21-12-22-39-35)43(38(30)42-37(29)44)27-17-8-3-9-18-27/h1-24H. The molecule has 0 saturated carbocycles. The van der Waals surface area contributed by atoms with Crippen molar-refractivity contribution >= 4 is 44.0 Å². The van der Waals surface area contributed by atoms with Gasteiger partial charge >= 0.3 is 0 Å². The molecule has 0 radical (unpaired) electrons. The molecule has 0 aliphatic heterocycles. The van der Waals surface area contributed by atoms with Crippen molar-refractivity contribution in [3.05, 3.63) is 146 Å². The molecule has 0 aliphatic carbocycles. The van der Waals surface area contributed by atoms with E-state index >= 15 is 0 Å². The first-order valence-electron chi connectivity index (χ1n) is 14.6. The fourth-order valence-electron chi connectivity index (χ4n) is 6.21. The van der Waals surface area contributed by atoms with Crippen molar-refractivity contribution in [1.82, 2.24) is 29.1 Å². The van der Waals surface area contributed by atoms with E-state index in [2.05, 4.69) is 88.0 Å². The van der Waals surface area contributed by atoms with E-state index in [0.29, 0.717) is 5.82 Å². The van der Waals surface area contributed by atoms with Gasteiger partial charge in [-0.05, 0) is 36.4 Å². The predicted octanol–water partition coefficient (Wildman–Crippen LogP) is 8.79. The number of aromatic nitrogens is 6. The number of pyridine rings is 2. The second kappa shape index (κ2) is 9.71. The smallest absolute Gasteiger partial charge is 0.162 e. The van der Waals surface area contributed by atoms with Crippen molar-refractivity contribution < 1.29 is 0 Å². The topological polar surface area (TPSA) is 61.4 Å². The summed E-state index contributed by atoms with van der Waals surface area (Å²) in [7, 11) is 0. The second-order valence-electron chi connectivity index (χ2n) is 10.8. The first kappa shape index (κ1) is 24.5. The van der Waals surface area contributed by atoms with E-state index in [1.165, 1.54) is 0 Å². The number of rotatable bonds is 4. The summed E-state index contributed by atoms with van der Waals surface area (Å²) < 4.78 is 4.37. The molecule has 0 atom stereocenters. The quantitative estimate of drug-likeness (QED) is 0.214. The van der Waals surface area contributed by atoms with E-state index in [1.807, 2.05) is 66.9 Å². The zero-order chi connectivity index (χ0) is 29.0. The minimum absolute atomic E-state index is 0.663. The maximum absolute atomic E-state index is 5.44. The monoisotopic (exact) mass is 564 g/mol. The predicted molar refractivity (Wildman–Crippen MR) is 177 cm³/mol. The van der Waals surface area contributed by atoms with Crippen LogP contribution in [0, 0.1) is 0 Å². The second-order valence-corrected chi connectivity index (χ2v) is 10.8. The summed E-state index contributed by atoms with van der Waals surface area (Å²) in [5.74, 6) is 1.42. The van der Waals surface area contributed by atoms with Crippen LogP contribution < -0.4 is 0 Å². The van der Waals surface area contributed by atoms with Gasteiger partial charge in [-0.3, -0.25) is 14.1 Å². The lowest BCUT2D eigenvalue weighted by Crippen LogP contribution is -2.04. The summed E-state index contributed by atoms with van der Waals surface area (Å²) >= 11 is 0. The zero-order valence-electron chi connectivity index (χ0n) is 23.5. The van der Waals surface area contributed by atoms with E-state index in [9.17, 15) is 0 Å². The molecule has 4 aromatic carbocycles. The molecule has 0 N–H and O–H groups in total. The average molecular weight is 565 g/mol. The lowest BCUT2D eigenvalue weighted by molar-refractivity contribution is 1.03.